The molecule has 1 aromatic heterocycles. The molecule has 7 heteroatoms. The number of urea groups is 1. The average molecular weight is 292 g/mol. The minimum atomic E-state index is -0.274. The summed E-state index contributed by atoms with van der Waals surface area (Å²) in [5.41, 5.74) is 1.40. The minimum Gasteiger partial charge on any atom is -0.394 e. The number of carbonyl (C=O) groups is 1. The van der Waals surface area contributed by atoms with Gasteiger partial charge in [0.25, 0.3) is 0 Å². The molecule has 2 aromatic rings. The quantitative estimate of drug-likeness (QED) is 0.743. The monoisotopic (exact) mass is 292 g/mol. The molecule has 114 valence electrons. The molecule has 3 N–H and O–H groups in total. The summed E-state index contributed by atoms with van der Waals surface area (Å²) < 4.78 is 1.59. The van der Waals surface area contributed by atoms with E-state index >= 15 is 0 Å². The lowest BCUT2D eigenvalue weighted by Gasteiger charge is -2.23. The Bertz CT molecular complexity index is 676. The molecule has 0 saturated heterocycles. The summed E-state index contributed by atoms with van der Waals surface area (Å²) in [7, 11) is 1.62. The van der Waals surface area contributed by atoms with Crippen LogP contribution in [0.2, 0.25) is 0 Å². The summed E-state index contributed by atoms with van der Waals surface area (Å²) in [6.07, 6.45) is 0. The van der Waals surface area contributed by atoms with E-state index in [4.69, 9.17) is 5.11 Å². The first-order valence-electron chi connectivity index (χ1n) is 6.83. The Labute approximate surface area is 122 Å². The Hall–Kier alpha value is -2.28. The molecule has 1 unspecified atom stereocenters. The lowest BCUT2D eigenvalue weighted by atomic mass is 10.3. The number of carbonyl (C=O) groups excluding carboxylic acids is 1. The summed E-state index contributed by atoms with van der Waals surface area (Å²) in [4.78, 5) is 27.9. The molecule has 0 saturated carbocycles. The number of nitrogens with one attached hydrogen (secondary N) is 2. The van der Waals surface area contributed by atoms with Crippen LogP contribution in [-0.2, 0) is 6.54 Å². The lowest BCUT2D eigenvalue weighted by Crippen LogP contribution is -2.44. The van der Waals surface area contributed by atoms with Gasteiger partial charge in [0.2, 0.25) is 0 Å². The van der Waals surface area contributed by atoms with E-state index in [1.54, 1.807) is 18.5 Å². The van der Waals surface area contributed by atoms with Crippen molar-refractivity contribution in [3.8, 4) is 0 Å². The highest BCUT2D eigenvalue weighted by molar-refractivity contribution is 5.75. The molecular formula is C14H20N4O3. The summed E-state index contributed by atoms with van der Waals surface area (Å²) in [5.74, 6) is 0. The minimum absolute atomic E-state index is 0.0914. The fourth-order valence-electron chi connectivity index (χ4n) is 2.05. The normalized spacial score (nSPS) is 12.3. The fraction of sp³-hybridized carbons (Fsp3) is 0.429. The number of benzene rings is 1. The number of aromatic nitrogens is 2. The summed E-state index contributed by atoms with van der Waals surface area (Å²) in [6, 6.07) is 6.89. The predicted octanol–water partition coefficient (Wildman–Crippen LogP) is 0.352. The van der Waals surface area contributed by atoms with E-state index < -0.39 is 0 Å². The number of nitrogens with zero attached hydrogens (tertiary/aromatic N) is 2. The zero-order valence-corrected chi connectivity index (χ0v) is 12.2. The third-order valence-electron chi connectivity index (χ3n) is 3.54. The van der Waals surface area contributed by atoms with Crippen LogP contribution in [0.25, 0.3) is 11.0 Å². The van der Waals surface area contributed by atoms with Crippen LogP contribution in [0, 0.1) is 0 Å². The van der Waals surface area contributed by atoms with Gasteiger partial charge >= 0.3 is 11.7 Å². The van der Waals surface area contributed by atoms with Crippen molar-refractivity contribution in [3.05, 3.63) is 34.7 Å². The SMILES string of the molecule is CC(CO)N(C)C(=O)NCCn1c(=O)[nH]c2ccccc21. The third-order valence-corrected chi connectivity index (χ3v) is 3.54. The Morgan fingerprint density at radius 1 is 1.48 bits per heavy atom. The Kier molecular flexibility index (Phi) is 4.64. The molecule has 0 aliphatic rings. The van der Waals surface area contributed by atoms with Crippen LogP contribution in [-0.4, -0.2) is 51.8 Å². The van der Waals surface area contributed by atoms with Gasteiger partial charge in [-0.25, -0.2) is 9.59 Å². The van der Waals surface area contributed by atoms with Crippen LogP contribution in [0.3, 0.4) is 0 Å². The molecule has 0 fully saturated rings. The highest BCUT2D eigenvalue weighted by Gasteiger charge is 2.14. The lowest BCUT2D eigenvalue weighted by molar-refractivity contribution is 0.157. The Morgan fingerprint density at radius 2 is 2.19 bits per heavy atom. The highest BCUT2D eigenvalue weighted by Crippen LogP contribution is 2.08. The molecule has 1 aromatic carbocycles. The van der Waals surface area contributed by atoms with Gasteiger partial charge in [-0.05, 0) is 19.1 Å². The number of hydrogen-bond acceptors (Lipinski definition) is 3. The van der Waals surface area contributed by atoms with Crippen molar-refractivity contribution in [2.45, 2.75) is 19.5 Å². The topological polar surface area (TPSA) is 90.4 Å². The number of aliphatic hydroxyl groups is 1. The number of rotatable bonds is 5. The van der Waals surface area contributed by atoms with Gasteiger partial charge in [0.05, 0.1) is 23.7 Å². The largest absolute Gasteiger partial charge is 0.394 e. The summed E-state index contributed by atoms with van der Waals surface area (Å²) >= 11 is 0. The van der Waals surface area contributed by atoms with Crippen molar-refractivity contribution in [2.75, 3.05) is 20.2 Å². The molecule has 0 bridgehead atoms. The third kappa shape index (κ3) is 3.25. The molecule has 0 aliphatic carbocycles. The van der Waals surface area contributed by atoms with E-state index in [2.05, 4.69) is 10.3 Å². The molecule has 0 radical (unpaired) electrons. The zero-order chi connectivity index (χ0) is 15.4. The van der Waals surface area contributed by atoms with Gasteiger partial charge in [-0.2, -0.15) is 0 Å². The molecular weight excluding hydrogens is 272 g/mol. The number of amides is 2. The maximum Gasteiger partial charge on any atom is 0.326 e. The van der Waals surface area contributed by atoms with Gasteiger partial charge in [-0.3, -0.25) is 4.57 Å². The van der Waals surface area contributed by atoms with Gasteiger partial charge < -0.3 is 20.3 Å². The molecule has 0 spiro atoms. The second-order valence-corrected chi connectivity index (χ2v) is 4.97. The van der Waals surface area contributed by atoms with Crippen LogP contribution in [0.1, 0.15) is 6.92 Å². The molecule has 1 atom stereocenters. The number of H-pyrrole nitrogens is 1. The first-order valence-corrected chi connectivity index (χ1v) is 6.83. The van der Waals surface area contributed by atoms with Gasteiger partial charge in [-0.15, -0.1) is 0 Å². The summed E-state index contributed by atoms with van der Waals surface area (Å²) in [5, 5.41) is 11.7. The second kappa shape index (κ2) is 6.45. The van der Waals surface area contributed by atoms with E-state index in [-0.39, 0.29) is 24.4 Å². The van der Waals surface area contributed by atoms with Gasteiger partial charge in [0.15, 0.2) is 0 Å². The van der Waals surface area contributed by atoms with Crippen LogP contribution >= 0.6 is 0 Å². The molecule has 1 heterocycles. The molecule has 0 aliphatic heterocycles. The first-order chi connectivity index (χ1) is 10.0. The predicted molar refractivity (Wildman–Crippen MR) is 80.3 cm³/mol. The van der Waals surface area contributed by atoms with E-state index in [0.29, 0.717) is 13.1 Å². The highest BCUT2D eigenvalue weighted by atomic mass is 16.3. The van der Waals surface area contributed by atoms with E-state index in [1.165, 1.54) is 4.90 Å². The van der Waals surface area contributed by atoms with Crippen molar-refractivity contribution in [1.82, 2.24) is 19.8 Å². The number of fused-ring (bicyclic) bond motifs is 1. The zero-order valence-electron chi connectivity index (χ0n) is 12.2. The van der Waals surface area contributed by atoms with Crippen LogP contribution < -0.4 is 11.0 Å². The number of hydrogen-bond donors (Lipinski definition) is 3. The molecule has 2 amide bonds. The van der Waals surface area contributed by atoms with Gasteiger partial charge in [0, 0.05) is 20.1 Å². The van der Waals surface area contributed by atoms with Crippen molar-refractivity contribution in [1.29, 1.82) is 0 Å². The molecule has 21 heavy (non-hydrogen) atoms. The van der Waals surface area contributed by atoms with Crippen molar-refractivity contribution in [3.63, 3.8) is 0 Å². The smallest absolute Gasteiger partial charge is 0.326 e. The Balaban J connectivity index is 1.98. The average Bonchev–Trinajstić information content (AvgIpc) is 2.81. The second-order valence-electron chi connectivity index (χ2n) is 4.97. The van der Waals surface area contributed by atoms with Gasteiger partial charge in [-0.1, -0.05) is 12.1 Å². The fourth-order valence-corrected chi connectivity index (χ4v) is 2.05. The van der Waals surface area contributed by atoms with Gasteiger partial charge in [0.1, 0.15) is 0 Å². The van der Waals surface area contributed by atoms with Crippen molar-refractivity contribution in [2.24, 2.45) is 0 Å². The molecule has 7 nitrogen and oxygen atoms in total. The summed E-state index contributed by atoms with van der Waals surface area (Å²) in [6.45, 7) is 2.38. The van der Waals surface area contributed by atoms with Crippen molar-refractivity contribution >= 4 is 17.1 Å². The standard InChI is InChI=1S/C14H20N4O3/c1-10(9-19)17(2)13(20)15-7-8-18-12-6-4-3-5-11(12)16-14(18)21/h3-6,10,19H,7-9H2,1-2H3,(H,15,20)(H,16,21). The first kappa shape index (κ1) is 15.1. The van der Waals surface area contributed by atoms with Crippen molar-refractivity contribution < 1.29 is 9.90 Å². The van der Waals surface area contributed by atoms with Crippen LogP contribution in [0.5, 0.6) is 0 Å². The van der Waals surface area contributed by atoms with E-state index in [0.717, 1.165) is 11.0 Å². The number of aromatic amines is 1. The number of aliphatic hydroxyl groups excluding tert-OH is 1. The Morgan fingerprint density at radius 3 is 2.90 bits per heavy atom. The molecule has 2 rings (SSSR count). The number of para-hydroxylation sites is 2. The number of imidazole rings is 1. The maximum atomic E-state index is 11.9. The van der Waals surface area contributed by atoms with E-state index in [1.807, 2.05) is 24.3 Å². The van der Waals surface area contributed by atoms with Crippen LogP contribution in [0.15, 0.2) is 29.1 Å². The maximum absolute atomic E-state index is 11.9. The van der Waals surface area contributed by atoms with E-state index in [9.17, 15) is 9.59 Å². The number of likely N-dealkylation sites (N-methyl/N-ethyl adjacent to an activating group) is 1. The van der Waals surface area contributed by atoms with Crippen LogP contribution in [0.4, 0.5) is 4.79 Å².